The van der Waals surface area contributed by atoms with Gasteiger partial charge in [0.15, 0.2) is 5.69 Å². The number of likely N-dealkylation sites (tertiary alicyclic amines) is 1. The maximum absolute atomic E-state index is 12.7. The highest BCUT2D eigenvalue weighted by Crippen LogP contribution is 2.28. The lowest BCUT2D eigenvalue weighted by Crippen LogP contribution is -2.44. The topological polar surface area (TPSA) is 55.3 Å². The Morgan fingerprint density at radius 2 is 2.21 bits per heavy atom. The van der Waals surface area contributed by atoms with Gasteiger partial charge in [-0.25, -0.2) is 4.98 Å². The molecule has 5 nitrogen and oxygen atoms in total. The van der Waals surface area contributed by atoms with E-state index in [1.165, 1.54) is 11.3 Å². The fraction of sp³-hybridized carbons (Fsp3) is 0.400. The highest BCUT2D eigenvalue weighted by Gasteiger charge is 2.33. The quantitative estimate of drug-likeness (QED) is 0.846. The molecule has 2 aromatic heterocycles. The van der Waals surface area contributed by atoms with Gasteiger partial charge in [0.1, 0.15) is 6.10 Å². The number of halogens is 3. The number of alkyl halides is 3. The number of ether oxygens (including phenoxy) is 1. The molecule has 1 fully saturated rings. The van der Waals surface area contributed by atoms with Crippen molar-refractivity contribution in [1.29, 1.82) is 0 Å². The van der Waals surface area contributed by atoms with Crippen molar-refractivity contribution in [2.75, 3.05) is 13.1 Å². The molecule has 0 N–H and O–H groups in total. The Kier molecular flexibility index (Phi) is 4.70. The standard InChI is InChI=1S/C15H14F3N3O2S/c16-15(17,18)12-5-6-19-14(20-12)23-10-3-1-7-21(9-10)13(22)11-4-2-8-24-11/h2,4-6,8,10H,1,3,7,9H2. The van der Waals surface area contributed by atoms with Crippen LogP contribution in [0.15, 0.2) is 29.8 Å². The molecule has 0 aliphatic carbocycles. The molecular weight excluding hydrogens is 343 g/mol. The van der Waals surface area contributed by atoms with E-state index in [-0.39, 0.29) is 11.9 Å². The van der Waals surface area contributed by atoms with E-state index in [1.54, 1.807) is 17.0 Å². The number of thiophene rings is 1. The SMILES string of the molecule is O=C(c1cccs1)N1CCCC(Oc2nccc(C(F)(F)F)n2)C1. The summed E-state index contributed by atoms with van der Waals surface area (Å²) in [6.45, 7) is 0.899. The van der Waals surface area contributed by atoms with Crippen LogP contribution in [0.4, 0.5) is 13.2 Å². The van der Waals surface area contributed by atoms with Crippen LogP contribution in [0.1, 0.15) is 28.2 Å². The summed E-state index contributed by atoms with van der Waals surface area (Å²) in [6, 6.07) is 4.01. The second kappa shape index (κ2) is 6.76. The highest BCUT2D eigenvalue weighted by atomic mass is 32.1. The first-order valence-corrected chi connectivity index (χ1v) is 8.21. The van der Waals surface area contributed by atoms with Gasteiger partial charge < -0.3 is 9.64 Å². The van der Waals surface area contributed by atoms with E-state index in [4.69, 9.17) is 4.74 Å². The summed E-state index contributed by atoms with van der Waals surface area (Å²) >= 11 is 1.35. The van der Waals surface area contributed by atoms with Crippen molar-refractivity contribution in [3.8, 4) is 6.01 Å². The first-order valence-electron chi connectivity index (χ1n) is 7.33. The monoisotopic (exact) mass is 357 g/mol. The predicted octanol–water partition coefficient (Wildman–Crippen LogP) is 3.24. The van der Waals surface area contributed by atoms with E-state index in [0.717, 1.165) is 12.3 Å². The van der Waals surface area contributed by atoms with Gasteiger partial charge in [-0.1, -0.05) is 6.07 Å². The fourth-order valence-corrected chi connectivity index (χ4v) is 3.17. The average Bonchev–Trinajstić information content (AvgIpc) is 3.08. The third-order valence-electron chi connectivity index (χ3n) is 3.59. The molecule has 24 heavy (non-hydrogen) atoms. The Morgan fingerprint density at radius 1 is 1.38 bits per heavy atom. The maximum Gasteiger partial charge on any atom is 0.433 e. The molecule has 0 bridgehead atoms. The number of hydrogen-bond acceptors (Lipinski definition) is 5. The first kappa shape index (κ1) is 16.7. The van der Waals surface area contributed by atoms with Crippen molar-refractivity contribution >= 4 is 17.2 Å². The van der Waals surface area contributed by atoms with Crippen molar-refractivity contribution in [1.82, 2.24) is 14.9 Å². The molecule has 0 aromatic carbocycles. The zero-order valence-electron chi connectivity index (χ0n) is 12.5. The fourth-order valence-electron chi connectivity index (χ4n) is 2.48. The number of aromatic nitrogens is 2. The molecule has 3 rings (SSSR count). The molecule has 1 amide bonds. The minimum Gasteiger partial charge on any atom is -0.458 e. The van der Waals surface area contributed by atoms with Gasteiger partial charge in [0, 0.05) is 12.7 Å². The van der Waals surface area contributed by atoms with Gasteiger partial charge in [-0.05, 0) is 30.4 Å². The third kappa shape index (κ3) is 3.84. The molecule has 1 saturated heterocycles. The van der Waals surface area contributed by atoms with E-state index in [9.17, 15) is 18.0 Å². The smallest absolute Gasteiger partial charge is 0.433 e. The largest absolute Gasteiger partial charge is 0.458 e. The Balaban J connectivity index is 1.67. The molecule has 0 spiro atoms. The summed E-state index contributed by atoms with van der Waals surface area (Å²) in [5.74, 6) is -0.0942. The van der Waals surface area contributed by atoms with Crippen molar-refractivity contribution in [2.45, 2.75) is 25.1 Å². The average molecular weight is 357 g/mol. The molecule has 3 heterocycles. The molecule has 1 aliphatic heterocycles. The number of rotatable bonds is 3. The minimum atomic E-state index is -4.55. The maximum atomic E-state index is 12.7. The van der Waals surface area contributed by atoms with Gasteiger partial charge in [0.25, 0.3) is 5.91 Å². The van der Waals surface area contributed by atoms with Crippen LogP contribution in [0.25, 0.3) is 0 Å². The van der Waals surface area contributed by atoms with Crippen molar-refractivity contribution < 1.29 is 22.7 Å². The number of hydrogen-bond donors (Lipinski definition) is 0. The zero-order chi connectivity index (χ0) is 17.2. The molecule has 128 valence electrons. The van der Waals surface area contributed by atoms with Crippen molar-refractivity contribution in [3.63, 3.8) is 0 Å². The van der Waals surface area contributed by atoms with Crippen LogP contribution in [0.2, 0.25) is 0 Å². The Hall–Kier alpha value is -2.16. The lowest BCUT2D eigenvalue weighted by atomic mass is 10.1. The van der Waals surface area contributed by atoms with Crippen LogP contribution >= 0.6 is 11.3 Å². The molecule has 2 aromatic rings. The van der Waals surface area contributed by atoms with Gasteiger partial charge in [-0.3, -0.25) is 4.79 Å². The summed E-state index contributed by atoms with van der Waals surface area (Å²) in [4.78, 5) is 21.8. The van der Waals surface area contributed by atoms with Gasteiger partial charge in [0.05, 0.1) is 11.4 Å². The molecular formula is C15H14F3N3O2S. The van der Waals surface area contributed by atoms with Gasteiger partial charge in [-0.2, -0.15) is 18.2 Å². The number of carbonyl (C=O) groups excluding carboxylic acids is 1. The lowest BCUT2D eigenvalue weighted by molar-refractivity contribution is -0.141. The Bertz CT molecular complexity index is 706. The van der Waals surface area contributed by atoms with Crippen molar-refractivity contribution in [3.05, 3.63) is 40.3 Å². The van der Waals surface area contributed by atoms with E-state index < -0.39 is 18.0 Å². The Labute approximate surface area is 140 Å². The second-order valence-electron chi connectivity index (χ2n) is 5.33. The van der Waals surface area contributed by atoms with Crippen LogP contribution in [-0.4, -0.2) is 40.0 Å². The van der Waals surface area contributed by atoms with Gasteiger partial charge >= 0.3 is 12.2 Å². The molecule has 0 radical (unpaired) electrons. The molecule has 1 aliphatic rings. The van der Waals surface area contributed by atoms with Gasteiger partial charge in [-0.15, -0.1) is 11.3 Å². The number of nitrogens with zero attached hydrogens (tertiary/aromatic N) is 3. The van der Waals surface area contributed by atoms with Crippen LogP contribution < -0.4 is 4.74 Å². The van der Waals surface area contributed by atoms with Crippen LogP contribution in [-0.2, 0) is 6.18 Å². The summed E-state index contributed by atoms with van der Waals surface area (Å²) in [5.41, 5.74) is -1.05. The zero-order valence-corrected chi connectivity index (χ0v) is 13.3. The van der Waals surface area contributed by atoms with Crippen LogP contribution in [0, 0.1) is 0 Å². The number of piperidine rings is 1. The van der Waals surface area contributed by atoms with E-state index in [2.05, 4.69) is 9.97 Å². The molecule has 9 heteroatoms. The third-order valence-corrected chi connectivity index (χ3v) is 4.45. The minimum absolute atomic E-state index is 0.0942. The number of carbonyl (C=O) groups is 1. The Morgan fingerprint density at radius 3 is 2.92 bits per heavy atom. The summed E-state index contributed by atoms with van der Waals surface area (Å²) < 4.78 is 43.5. The van der Waals surface area contributed by atoms with Crippen LogP contribution in [0.3, 0.4) is 0 Å². The normalized spacial score (nSPS) is 18.5. The van der Waals surface area contributed by atoms with E-state index in [0.29, 0.717) is 30.8 Å². The molecule has 1 atom stereocenters. The summed E-state index contributed by atoms with van der Waals surface area (Å²) in [6.07, 6.45) is -2.61. The predicted molar refractivity (Wildman–Crippen MR) is 80.9 cm³/mol. The lowest BCUT2D eigenvalue weighted by Gasteiger charge is -2.32. The second-order valence-corrected chi connectivity index (χ2v) is 6.28. The summed E-state index contributed by atoms with van der Waals surface area (Å²) in [7, 11) is 0. The number of amides is 1. The molecule has 1 unspecified atom stereocenters. The van der Waals surface area contributed by atoms with Crippen LogP contribution in [0.5, 0.6) is 6.01 Å². The first-order chi connectivity index (χ1) is 11.4. The highest BCUT2D eigenvalue weighted by molar-refractivity contribution is 7.12. The molecule has 0 saturated carbocycles. The van der Waals surface area contributed by atoms with Gasteiger partial charge in [0.2, 0.25) is 0 Å². The summed E-state index contributed by atoms with van der Waals surface area (Å²) in [5, 5.41) is 1.82. The van der Waals surface area contributed by atoms with Crippen molar-refractivity contribution in [2.24, 2.45) is 0 Å². The van der Waals surface area contributed by atoms with E-state index >= 15 is 0 Å². The van der Waals surface area contributed by atoms with E-state index in [1.807, 2.05) is 5.38 Å².